The minimum Gasteiger partial charge on any atom is -0.314 e. The van der Waals surface area contributed by atoms with Crippen molar-refractivity contribution in [2.45, 2.75) is 59.9 Å². The first-order valence-electron chi connectivity index (χ1n) is 7.19. The molecule has 0 aliphatic rings. The van der Waals surface area contributed by atoms with Crippen LogP contribution in [-0.2, 0) is 6.42 Å². The van der Waals surface area contributed by atoms with Gasteiger partial charge in [-0.15, -0.1) is 0 Å². The Balaban J connectivity index is 2.57. The fourth-order valence-electron chi connectivity index (χ4n) is 2.30. The van der Waals surface area contributed by atoms with E-state index in [4.69, 9.17) is 0 Å². The average molecular weight is 247 g/mol. The van der Waals surface area contributed by atoms with Crippen LogP contribution < -0.4 is 5.32 Å². The van der Waals surface area contributed by atoms with E-state index in [0.29, 0.717) is 11.5 Å². The van der Waals surface area contributed by atoms with Crippen LogP contribution in [0.2, 0.25) is 0 Å². The Bertz CT molecular complexity index is 349. The van der Waals surface area contributed by atoms with Gasteiger partial charge >= 0.3 is 0 Å². The smallest absolute Gasteiger partial charge is 0.0108 e. The predicted molar refractivity (Wildman–Crippen MR) is 81.0 cm³/mol. The van der Waals surface area contributed by atoms with Crippen LogP contribution in [0.4, 0.5) is 0 Å². The van der Waals surface area contributed by atoms with Gasteiger partial charge in [0.25, 0.3) is 0 Å². The highest BCUT2D eigenvalue weighted by Crippen LogP contribution is 2.22. The molecule has 102 valence electrons. The summed E-state index contributed by atoms with van der Waals surface area (Å²) in [6.45, 7) is 12.4. The molecule has 0 spiro atoms. The molecule has 0 saturated heterocycles. The number of hydrogen-bond donors (Lipinski definition) is 1. The number of rotatable bonds is 6. The summed E-state index contributed by atoms with van der Waals surface area (Å²) in [7, 11) is 0. The SMILES string of the molecule is CCNC(CCC(C)(C)C)Cc1cccc(C)c1. The fourth-order valence-corrected chi connectivity index (χ4v) is 2.30. The van der Waals surface area contributed by atoms with Gasteiger partial charge < -0.3 is 5.32 Å². The van der Waals surface area contributed by atoms with Gasteiger partial charge in [-0.3, -0.25) is 0 Å². The van der Waals surface area contributed by atoms with Crippen LogP contribution in [0.15, 0.2) is 24.3 Å². The molecule has 0 bridgehead atoms. The second kappa shape index (κ2) is 6.94. The van der Waals surface area contributed by atoms with Gasteiger partial charge in [0.2, 0.25) is 0 Å². The first-order chi connectivity index (χ1) is 8.40. The molecule has 0 aliphatic heterocycles. The molecule has 18 heavy (non-hydrogen) atoms. The van der Waals surface area contributed by atoms with Crippen molar-refractivity contribution >= 4 is 0 Å². The van der Waals surface area contributed by atoms with E-state index in [1.54, 1.807) is 0 Å². The second-order valence-electron chi connectivity index (χ2n) is 6.55. The normalized spacial score (nSPS) is 13.6. The lowest BCUT2D eigenvalue weighted by atomic mass is 9.87. The highest BCUT2D eigenvalue weighted by Gasteiger charge is 2.15. The van der Waals surface area contributed by atoms with E-state index >= 15 is 0 Å². The van der Waals surface area contributed by atoms with Crippen molar-refractivity contribution < 1.29 is 0 Å². The van der Waals surface area contributed by atoms with Gasteiger partial charge in [-0.2, -0.15) is 0 Å². The number of hydrogen-bond acceptors (Lipinski definition) is 1. The lowest BCUT2D eigenvalue weighted by Crippen LogP contribution is -2.32. The van der Waals surface area contributed by atoms with Gasteiger partial charge in [0.05, 0.1) is 0 Å². The monoisotopic (exact) mass is 247 g/mol. The topological polar surface area (TPSA) is 12.0 Å². The minimum absolute atomic E-state index is 0.431. The third-order valence-corrected chi connectivity index (χ3v) is 3.30. The summed E-state index contributed by atoms with van der Waals surface area (Å²) in [6.07, 6.45) is 3.67. The molecule has 1 nitrogen and oxygen atoms in total. The van der Waals surface area contributed by atoms with E-state index < -0.39 is 0 Å². The maximum atomic E-state index is 3.62. The van der Waals surface area contributed by atoms with Crippen LogP contribution >= 0.6 is 0 Å². The maximum absolute atomic E-state index is 3.62. The van der Waals surface area contributed by atoms with Gasteiger partial charge in [0.15, 0.2) is 0 Å². The Kier molecular flexibility index (Phi) is 5.87. The summed E-state index contributed by atoms with van der Waals surface area (Å²) in [6, 6.07) is 9.49. The summed E-state index contributed by atoms with van der Waals surface area (Å²) in [5.41, 5.74) is 3.24. The minimum atomic E-state index is 0.431. The molecule has 1 unspecified atom stereocenters. The zero-order valence-corrected chi connectivity index (χ0v) is 12.7. The zero-order chi connectivity index (χ0) is 13.6. The Hall–Kier alpha value is -0.820. The highest BCUT2D eigenvalue weighted by atomic mass is 14.9. The molecule has 0 heterocycles. The average Bonchev–Trinajstić information content (AvgIpc) is 2.25. The Morgan fingerprint density at radius 2 is 1.94 bits per heavy atom. The molecule has 1 rings (SSSR count). The highest BCUT2D eigenvalue weighted by molar-refractivity contribution is 5.23. The number of nitrogens with one attached hydrogen (secondary N) is 1. The molecule has 0 fully saturated rings. The third-order valence-electron chi connectivity index (χ3n) is 3.30. The van der Waals surface area contributed by atoms with Crippen molar-refractivity contribution in [1.29, 1.82) is 0 Å². The van der Waals surface area contributed by atoms with Gasteiger partial charge in [-0.05, 0) is 43.7 Å². The Morgan fingerprint density at radius 1 is 1.22 bits per heavy atom. The quantitative estimate of drug-likeness (QED) is 0.788. The molecule has 0 saturated carbocycles. The predicted octanol–water partition coefficient (Wildman–Crippen LogP) is 4.34. The van der Waals surface area contributed by atoms with E-state index in [1.165, 1.54) is 24.0 Å². The third kappa shape index (κ3) is 6.20. The second-order valence-corrected chi connectivity index (χ2v) is 6.55. The molecule has 1 N–H and O–H groups in total. The largest absolute Gasteiger partial charge is 0.314 e. The summed E-state index contributed by atoms with van der Waals surface area (Å²) >= 11 is 0. The lowest BCUT2D eigenvalue weighted by molar-refractivity contribution is 0.330. The van der Waals surface area contributed by atoms with Crippen LogP contribution in [0.1, 0.15) is 51.7 Å². The van der Waals surface area contributed by atoms with Crippen LogP contribution in [0.3, 0.4) is 0 Å². The van der Waals surface area contributed by atoms with E-state index in [1.807, 2.05) is 0 Å². The summed E-state index contributed by atoms with van der Waals surface area (Å²) in [5.74, 6) is 0. The van der Waals surface area contributed by atoms with Crippen LogP contribution in [0.5, 0.6) is 0 Å². The molecule has 0 amide bonds. The summed E-state index contributed by atoms with van der Waals surface area (Å²) < 4.78 is 0. The van der Waals surface area contributed by atoms with E-state index in [2.05, 4.69) is 64.2 Å². The van der Waals surface area contributed by atoms with Crippen molar-refractivity contribution in [3.63, 3.8) is 0 Å². The molecule has 1 aromatic carbocycles. The lowest BCUT2D eigenvalue weighted by Gasteiger charge is -2.24. The molecular weight excluding hydrogens is 218 g/mol. The van der Waals surface area contributed by atoms with Crippen molar-refractivity contribution in [2.75, 3.05) is 6.54 Å². The molecule has 0 aromatic heterocycles. The number of likely N-dealkylation sites (N-methyl/N-ethyl adjacent to an activating group) is 1. The van der Waals surface area contributed by atoms with Gasteiger partial charge in [0, 0.05) is 6.04 Å². The zero-order valence-electron chi connectivity index (χ0n) is 12.7. The molecule has 0 aliphatic carbocycles. The fraction of sp³-hybridized carbons (Fsp3) is 0.647. The number of benzene rings is 1. The molecule has 1 atom stereocenters. The summed E-state index contributed by atoms with van der Waals surface area (Å²) in [4.78, 5) is 0. The molecular formula is C17H29N. The van der Waals surface area contributed by atoms with Crippen molar-refractivity contribution in [3.05, 3.63) is 35.4 Å². The Labute approximate surface area is 113 Å². The van der Waals surface area contributed by atoms with Gasteiger partial charge in [-0.1, -0.05) is 57.5 Å². The van der Waals surface area contributed by atoms with Gasteiger partial charge in [0.1, 0.15) is 0 Å². The molecule has 1 heteroatoms. The molecule has 1 aromatic rings. The van der Waals surface area contributed by atoms with Crippen LogP contribution in [0.25, 0.3) is 0 Å². The van der Waals surface area contributed by atoms with Crippen LogP contribution in [-0.4, -0.2) is 12.6 Å². The first-order valence-corrected chi connectivity index (χ1v) is 7.19. The summed E-state index contributed by atoms with van der Waals surface area (Å²) in [5, 5.41) is 3.62. The number of aryl methyl sites for hydroxylation is 1. The maximum Gasteiger partial charge on any atom is 0.0108 e. The van der Waals surface area contributed by atoms with E-state index in [0.717, 1.165) is 13.0 Å². The Morgan fingerprint density at radius 3 is 2.50 bits per heavy atom. The molecule has 0 radical (unpaired) electrons. The van der Waals surface area contributed by atoms with Crippen molar-refractivity contribution in [2.24, 2.45) is 5.41 Å². The standard InChI is InChI=1S/C17H29N/c1-6-18-16(10-11-17(3,4)5)13-15-9-7-8-14(2)12-15/h7-9,12,16,18H,6,10-11,13H2,1-5H3. The first kappa shape index (κ1) is 15.2. The van der Waals surface area contributed by atoms with E-state index in [-0.39, 0.29) is 0 Å². The van der Waals surface area contributed by atoms with Crippen molar-refractivity contribution in [3.8, 4) is 0 Å². The van der Waals surface area contributed by atoms with E-state index in [9.17, 15) is 0 Å². The van der Waals surface area contributed by atoms with Crippen LogP contribution in [0, 0.1) is 12.3 Å². The van der Waals surface area contributed by atoms with Gasteiger partial charge in [-0.25, -0.2) is 0 Å². The van der Waals surface area contributed by atoms with Crippen molar-refractivity contribution in [1.82, 2.24) is 5.32 Å².